The van der Waals surface area contributed by atoms with Gasteiger partial charge < -0.3 is 19.6 Å². The van der Waals surface area contributed by atoms with Crippen LogP contribution in [0, 0.1) is 0 Å². The van der Waals surface area contributed by atoms with Gasteiger partial charge in [-0.2, -0.15) is 0 Å². The number of ether oxygens (including phenoxy) is 1. The van der Waals surface area contributed by atoms with Gasteiger partial charge in [-0.15, -0.1) is 0 Å². The number of hydrogen-bond acceptors (Lipinski definition) is 3. The van der Waals surface area contributed by atoms with E-state index in [-0.39, 0.29) is 12.6 Å². The van der Waals surface area contributed by atoms with Gasteiger partial charge in [-0.25, -0.2) is 9.59 Å². The summed E-state index contributed by atoms with van der Waals surface area (Å²) in [6.45, 7) is 4.08. The van der Waals surface area contributed by atoms with Crippen molar-refractivity contribution in [3.63, 3.8) is 0 Å². The molecule has 1 saturated heterocycles. The standard InChI is InChI=1S/C12H18N2O4/c1-9-2-4-13(5-3-9)12(17)14-6-7-18-8-10(14)11(15)16/h2,10H,3-8H2,1H3,(H,15,16). The Hall–Kier alpha value is -1.56. The van der Waals surface area contributed by atoms with Gasteiger partial charge in [0.1, 0.15) is 0 Å². The smallest absolute Gasteiger partial charge is 0.328 e. The van der Waals surface area contributed by atoms with Crippen LogP contribution in [0.4, 0.5) is 4.79 Å². The molecule has 1 atom stereocenters. The van der Waals surface area contributed by atoms with Gasteiger partial charge in [0.05, 0.1) is 13.2 Å². The normalized spacial score (nSPS) is 24.7. The second kappa shape index (κ2) is 5.39. The summed E-state index contributed by atoms with van der Waals surface area (Å²) in [5.74, 6) is -1.01. The van der Waals surface area contributed by atoms with Gasteiger partial charge >= 0.3 is 12.0 Å². The summed E-state index contributed by atoms with van der Waals surface area (Å²) in [6, 6.07) is -1.06. The van der Waals surface area contributed by atoms with Crippen molar-refractivity contribution in [2.75, 3.05) is 32.8 Å². The fourth-order valence-corrected chi connectivity index (χ4v) is 2.16. The lowest BCUT2D eigenvalue weighted by Gasteiger charge is -2.37. The second-order valence-electron chi connectivity index (χ2n) is 4.65. The fraction of sp³-hybridized carbons (Fsp3) is 0.667. The molecule has 0 aliphatic carbocycles. The number of carbonyl (C=O) groups is 2. The van der Waals surface area contributed by atoms with Crippen molar-refractivity contribution in [3.05, 3.63) is 11.6 Å². The monoisotopic (exact) mass is 254 g/mol. The molecule has 6 heteroatoms. The summed E-state index contributed by atoms with van der Waals surface area (Å²) in [5, 5.41) is 9.09. The second-order valence-corrected chi connectivity index (χ2v) is 4.65. The topological polar surface area (TPSA) is 70.1 Å². The third kappa shape index (κ3) is 2.64. The first-order valence-electron chi connectivity index (χ1n) is 6.11. The Morgan fingerprint density at radius 1 is 1.44 bits per heavy atom. The number of urea groups is 1. The lowest BCUT2D eigenvalue weighted by molar-refractivity contribution is -0.147. The van der Waals surface area contributed by atoms with E-state index in [2.05, 4.69) is 0 Å². The fourth-order valence-electron chi connectivity index (χ4n) is 2.16. The summed E-state index contributed by atoms with van der Waals surface area (Å²) < 4.78 is 5.12. The molecule has 2 heterocycles. The maximum Gasteiger partial charge on any atom is 0.328 e. The van der Waals surface area contributed by atoms with Crippen molar-refractivity contribution >= 4 is 12.0 Å². The number of aliphatic carboxylic acids is 1. The molecule has 0 aromatic heterocycles. The average Bonchev–Trinajstić information content (AvgIpc) is 2.39. The van der Waals surface area contributed by atoms with Crippen molar-refractivity contribution in [1.29, 1.82) is 0 Å². The van der Waals surface area contributed by atoms with Crippen LogP contribution in [0.15, 0.2) is 11.6 Å². The number of morpholine rings is 1. The lowest BCUT2D eigenvalue weighted by Crippen LogP contribution is -2.57. The Morgan fingerprint density at radius 3 is 2.83 bits per heavy atom. The lowest BCUT2D eigenvalue weighted by atomic mass is 10.1. The zero-order chi connectivity index (χ0) is 13.1. The molecule has 18 heavy (non-hydrogen) atoms. The highest BCUT2D eigenvalue weighted by Crippen LogP contribution is 2.15. The third-order valence-electron chi connectivity index (χ3n) is 3.37. The molecule has 6 nitrogen and oxygen atoms in total. The first-order chi connectivity index (χ1) is 8.59. The van der Waals surface area contributed by atoms with Gasteiger partial charge in [0.15, 0.2) is 6.04 Å². The van der Waals surface area contributed by atoms with Crippen molar-refractivity contribution in [2.24, 2.45) is 0 Å². The molecule has 2 aliphatic heterocycles. The maximum absolute atomic E-state index is 12.3. The minimum absolute atomic E-state index is 0.0732. The Kier molecular flexibility index (Phi) is 3.86. The molecule has 2 amide bonds. The van der Waals surface area contributed by atoms with Crippen LogP contribution in [0.5, 0.6) is 0 Å². The van der Waals surface area contributed by atoms with Crippen LogP contribution in [-0.2, 0) is 9.53 Å². The molecule has 100 valence electrons. The van der Waals surface area contributed by atoms with Gasteiger partial charge in [-0.1, -0.05) is 11.6 Å². The van der Waals surface area contributed by atoms with Crippen LogP contribution in [0.3, 0.4) is 0 Å². The van der Waals surface area contributed by atoms with E-state index in [1.165, 1.54) is 10.5 Å². The third-order valence-corrected chi connectivity index (χ3v) is 3.37. The van der Waals surface area contributed by atoms with Crippen molar-refractivity contribution in [3.8, 4) is 0 Å². The van der Waals surface area contributed by atoms with Gasteiger partial charge in [0, 0.05) is 19.6 Å². The number of carbonyl (C=O) groups excluding carboxylic acids is 1. The van der Waals surface area contributed by atoms with E-state index < -0.39 is 12.0 Å². The molecule has 0 spiro atoms. The average molecular weight is 254 g/mol. The first kappa shape index (κ1) is 12.9. The number of carboxylic acids is 1. The summed E-state index contributed by atoms with van der Waals surface area (Å²) in [4.78, 5) is 26.5. The quantitative estimate of drug-likeness (QED) is 0.693. The largest absolute Gasteiger partial charge is 0.480 e. The highest BCUT2D eigenvalue weighted by molar-refractivity contribution is 5.83. The van der Waals surface area contributed by atoms with Gasteiger partial charge in [0.25, 0.3) is 0 Å². The van der Waals surface area contributed by atoms with Crippen LogP contribution in [0.1, 0.15) is 13.3 Å². The molecule has 1 fully saturated rings. The first-order valence-corrected chi connectivity index (χ1v) is 6.11. The summed E-state index contributed by atoms with van der Waals surface area (Å²) in [6.07, 6.45) is 2.87. The Labute approximate surface area is 106 Å². The van der Waals surface area contributed by atoms with Crippen LogP contribution >= 0.6 is 0 Å². The molecular weight excluding hydrogens is 236 g/mol. The van der Waals surface area contributed by atoms with Crippen molar-refractivity contribution in [2.45, 2.75) is 19.4 Å². The molecule has 0 radical (unpaired) electrons. The number of amides is 2. The van der Waals surface area contributed by atoms with Gasteiger partial charge in [-0.3, -0.25) is 0 Å². The van der Waals surface area contributed by atoms with Crippen molar-refractivity contribution in [1.82, 2.24) is 9.80 Å². The number of nitrogens with zero attached hydrogens (tertiary/aromatic N) is 2. The Balaban J connectivity index is 2.04. The molecule has 0 aromatic carbocycles. The maximum atomic E-state index is 12.3. The predicted octanol–water partition coefficient (Wildman–Crippen LogP) is 0.544. The number of rotatable bonds is 1. The molecule has 0 aromatic rings. The van der Waals surface area contributed by atoms with Gasteiger partial charge in [0.2, 0.25) is 0 Å². The highest BCUT2D eigenvalue weighted by Gasteiger charge is 2.35. The van der Waals surface area contributed by atoms with E-state index in [1.807, 2.05) is 13.0 Å². The molecule has 1 N–H and O–H groups in total. The predicted molar refractivity (Wildman–Crippen MR) is 64.3 cm³/mol. The number of carboxylic acid groups (broad SMARTS) is 1. The van der Waals surface area contributed by atoms with E-state index >= 15 is 0 Å². The summed E-state index contributed by atoms with van der Waals surface area (Å²) in [5.41, 5.74) is 1.27. The molecule has 0 bridgehead atoms. The summed E-state index contributed by atoms with van der Waals surface area (Å²) in [7, 11) is 0. The van der Waals surface area contributed by atoms with E-state index in [4.69, 9.17) is 9.84 Å². The molecular formula is C12H18N2O4. The minimum Gasteiger partial charge on any atom is -0.480 e. The molecule has 0 saturated carbocycles. The van der Waals surface area contributed by atoms with Crippen LogP contribution in [0.2, 0.25) is 0 Å². The summed E-state index contributed by atoms with van der Waals surface area (Å²) >= 11 is 0. The van der Waals surface area contributed by atoms with Crippen LogP contribution in [-0.4, -0.2) is 65.8 Å². The Bertz CT molecular complexity index is 380. The van der Waals surface area contributed by atoms with Crippen molar-refractivity contribution < 1.29 is 19.4 Å². The number of hydrogen-bond donors (Lipinski definition) is 1. The zero-order valence-electron chi connectivity index (χ0n) is 10.5. The van der Waals surface area contributed by atoms with E-state index in [9.17, 15) is 9.59 Å². The molecule has 2 aliphatic rings. The Morgan fingerprint density at radius 2 is 2.22 bits per heavy atom. The van der Waals surface area contributed by atoms with E-state index in [0.717, 1.165) is 6.42 Å². The van der Waals surface area contributed by atoms with Crippen LogP contribution in [0.25, 0.3) is 0 Å². The highest BCUT2D eigenvalue weighted by atomic mass is 16.5. The van der Waals surface area contributed by atoms with E-state index in [1.54, 1.807) is 4.90 Å². The minimum atomic E-state index is -1.01. The SMILES string of the molecule is CC1=CCN(C(=O)N2CCOCC2C(=O)O)CC1. The molecule has 1 unspecified atom stereocenters. The zero-order valence-corrected chi connectivity index (χ0v) is 10.5. The van der Waals surface area contributed by atoms with Crippen LogP contribution < -0.4 is 0 Å². The van der Waals surface area contributed by atoms with Gasteiger partial charge in [-0.05, 0) is 13.3 Å². The molecule has 2 rings (SSSR count). The van der Waals surface area contributed by atoms with E-state index in [0.29, 0.717) is 26.2 Å².